The molecule has 2 aromatic heterocycles. The minimum absolute atomic E-state index is 0.0133. The Bertz CT molecular complexity index is 952. The highest BCUT2D eigenvalue weighted by Gasteiger charge is 2.30. The zero-order chi connectivity index (χ0) is 24.1. The molecule has 34 heavy (non-hydrogen) atoms. The molecular weight excluding hydrogens is 432 g/mol. The van der Waals surface area contributed by atoms with Crippen molar-refractivity contribution in [3.05, 3.63) is 6.33 Å². The highest BCUT2D eigenvalue weighted by Crippen LogP contribution is 2.28. The van der Waals surface area contributed by atoms with Crippen molar-refractivity contribution >= 4 is 28.8 Å². The molecule has 2 aliphatic heterocycles. The smallest absolute Gasteiger partial charge is 0.229 e. The number of piperidine rings is 1. The van der Waals surface area contributed by atoms with Crippen molar-refractivity contribution in [2.24, 2.45) is 5.92 Å². The van der Waals surface area contributed by atoms with Crippen LogP contribution in [0.25, 0.3) is 11.2 Å². The van der Waals surface area contributed by atoms with Gasteiger partial charge in [0.05, 0.1) is 25.5 Å². The first-order chi connectivity index (χ1) is 16.5. The van der Waals surface area contributed by atoms with Crippen LogP contribution in [0.1, 0.15) is 46.6 Å². The molecule has 2 aliphatic rings. The van der Waals surface area contributed by atoms with Gasteiger partial charge in [0.25, 0.3) is 0 Å². The van der Waals surface area contributed by atoms with Crippen molar-refractivity contribution in [2.45, 2.75) is 46.6 Å². The Morgan fingerprint density at radius 3 is 2.68 bits per heavy atom. The minimum Gasteiger partial charge on any atom is -0.379 e. The third-order valence-electron chi connectivity index (χ3n) is 6.92. The van der Waals surface area contributed by atoms with Crippen LogP contribution in [-0.4, -0.2) is 101 Å². The summed E-state index contributed by atoms with van der Waals surface area (Å²) < 4.78 is 7.55. The summed E-state index contributed by atoms with van der Waals surface area (Å²) >= 11 is 0. The van der Waals surface area contributed by atoms with Gasteiger partial charge in [0.1, 0.15) is 0 Å². The SMILES string of the molecule is CCN(CC)C(=O)C1CCCN(c2nc(NCCN3CCOCC3)c3ncn(C(C)C)c3n2)C1. The highest BCUT2D eigenvalue weighted by molar-refractivity contribution is 5.85. The molecule has 4 rings (SSSR count). The molecule has 0 bridgehead atoms. The van der Waals surface area contributed by atoms with E-state index < -0.39 is 0 Å². The molecule has 0 aliphatic carbocycles. The minimum atomic E-state index is -0.0133. The van der Waals surface area contributed by atoms with Crippen molar-refractivity contribution in [3.8, 4) is 0 Å². The van der Waals surface area contributed by atoms with Gasteiger partial charge >= 0.3 is 0 Å². The molecule has 0 saturated carbocycles. The normalized spacial score (nSPS) is 19.7. The second-order valence-electron chi connectivity index (χ2n) is 9.47. The Balaban J connectivity index is 1.56. The molecule has 1 atom stereocenters. The van der Waals surface area contributed by atoms with Crippen LogP contribution in [0, 0.1) is 5.92 Å². The average Bonchev–Trinajstić information content (AvgIpc) is 3.30. The second-order valence-corrected chi connectivity index (χ2v) is 9.47. The van der Waals surface area contributed by atoms with E-state index in [1.807, 2.05) is 25.1 Å². The molecule has 2 saturated heterocycles. The molecule has 0 spiro atoms. The van der Waals surface area contributed by atoms with Gasteiger partial charge in [0.2, 0.25) is 11.9 Å². The second kappa shape index (κ2) is 11.3. The maximum atomic E-state index is 13.0. The lowest BCUT2D eigenvalue weighted by molar-refractivity contribution is -0.135. The standard InChI is InChI=1S/C24H40N8O2/c1-5-30(6-2)23(33)19-8-7-10-31(16-19)24-27-21(25-9-11-29-12-14-34-15-13-29)20-22(28-24)32(17-26-20)18(3)4/h17-19H,5-16H2,1-4H3,(H,25,27,28). The van der Waals surface area contributed by atoms with Crippen molar-refractivity contribution in [3.63, 3.8) is 0 Å². The predicted molar refractivity (Wildman–Crippen MR) is 134 cm³/mol. The van der Waals surface area contributed by atoms with Gasteiger partial charge in [0, 0.05) is 58.4 Å². The van der Waals surface area contributed by atoms with E-state index >= 15 is 0 Å². The lowest BCUT2D eigenvalue weighted by Crippen LogP contribution is -2.45. The Kier molecular flexibility index (Phi) is 8.20. The van der Waals surface area contributed by atoms with Gasteiger partial charge in [-0.1, -0.05) is 0 Å². The van der Waals surface area contributed by atoms with Crippen LogP contribution < -0.4 is 10.2 Å². The topological polar surface area (TPSA) is 91.7 Å². The fourth-order valence-electron chi connectivity index (χ4n) is 4.86. The zero-order valence-electron chi connectivity index (χ0n) is 21.2. The van der Waals surface area contributed by atoms with E-state index in [1.54, 1.807) is 0 Å². The molecule has 0 aromatic carbocycles. The molecule has 0 radical (unpaired) electrons. The Labute approximate surface area is 202 Å². The first kappa shape index (κ1) is 24.7. The third-order valence-corrected chi connectivity index (χ3v) is 6.92. The highest BCUT2D eigenvalue weighted by atomic mass is 16.5. The summed E-state index contributed by atoms with van der Waals surface area (Å²) in [7, 11) is 0. The first-order valence-electron chi connectivity index (χ1n) is 12.8. The number of anilines is 2. The molecule has 2 fully saturated rings. The molecule has 188 valence electrons. The number of fused-ring (bicyclic) bond motifs is 1. The number of hydrogen-bond donors (Lipinski definition) is 1. The van der Waals surface area contributed by atoms with E-state index in [9.17, 15) is 4.79 Å². The van der Waals surface area contributed by atoms with E-state index in [2.05, 4.69) is 38.5 Å². The van der Waals surface area contributed by atoms with Gasteiger partial charge in [-0.3, -0.25) is 9.69 Å². The lowest BCUT2D eigenvalue weighted by atomic mass is 9.96. The van der Waals surface area contributed by atoms with Gasteiger partial charge in [-0.15, -0.1) is 0 Å². The number of imidazole rings is 1. The van der Waals surface area contributed by atoms with Crippen LogP contribution in [-0.2, 0) is 9.53 Å². The van der Waals surface area contributed by atoms with E-state index in [-0.39, 0.29) is 17.9 Å². The quantitative estimate of drug-likeness (QED) is 0.594. The number of hydrogen-bond acceptors (Lipinski definition) is 8. The van der Waals surface area contributed by atoms with Crippen LogP contribution in [0.4, 0.5) is 11.8 Å². The summed E-state index contributed by atoms with van der Waals surface area (Å²) in [5, 5.41) is 3.53. The number of nitrogens with one attached hydrogen (secondary N) is 1. The fraction of sp³-hybridized carbons (Fsp3) is 0.750. The number of rotatable bonds is 9. The van der Waals surface area contributed by atoms with Crippen molar-refractivity contribution in [1.29, 1.82) is 0 Å². The third kappa shape index (κ3) is 5.43. The maximum Gasteiger partial charge on any atom is 0.229 e. The van der Waals surface area contributed by atoms with Crippen molar-refractivity contribution in [2.75, 3.05) is 75.8 Å². The number of ether oxygens (including phenoxy) is 1. The van der Waals surface area contributed by atoms with E-state index in [4.69, 9.17) is 14.7 Å². The van der Waals surface area contributed by atoms with E-state index in [0.717, 1.165) is 88.9 Å². The maximum absolute atomic E-state index is 13.0. The van der Waals surface area contributed by atoms with Gasteiger partial charge in [-0.25, -0.2) is 4.98 Å². The Hall–Kier alpha value is -2.46. The van der Waals surface area contributed by atoms with Crippen LogP contribution in [0.5, 0.6) is 0 Å². The van der Waals surface area contributed by atoms with Crippen LogP contribution in [0.3, 0.4) is 0 Å². The monoisotopic (exact) mass is 472 g/mol. The lowest BCUT2D eigenvalue weighted by Gasteiger charge is -2.34. The summed E-state index contributed by atoms with van der Waals surface area (Å²) in [5.74, 6) is 1.68. The number of morpholine rings is 1. The van der Waals surface area contributed by atoms with Crippen LogP contribution in [0.15, 0.2) is 6.33 Å². The predicted octanol–water partition coefficient (Wildman–Crippen LogP) is 2.24. The molecule has 10 nitrogen and oxygen atoms in total. The number of aromatic nitrogens is 4. The summed E-state index contributed by atoms with van der Waals surface area (Å²) in [6, 6.07) is 0.243. The number of carbonyl (C=O) groups is 1. The first-order valence-corrected chi connectivity index (χ1v) is 12.8. The van der Waals surface area contributed by atoms with E-state index in [1.165, 1.54) is 0 Å². The molecule has 1 amide bonds. The van der Waals surface area contributed by atoms with Crippen molar-refractivity contribution < 1.29 is 9.53 Å². The van der Waals surface area contributed by atoms with E-state index in [0.29, 0.717) is 12.5 Å². The number of amides is 1. The molecular formula is C24H40N8O2. The largest absolute Gasteiger partial charge is 0.379 e. The van der Waals surface area contributed by atoms with Crippen LogP contribution >= 0.6 is 0 Å². The van der Waals surface area contributed by atoms with Gasteiger partial charge < -0.3 is 24.4 Å². The van der Waals surface area contributed by atoms with Gasteiger partial charge in [-0.2, -0.15) is 9.97 Å². The molecule has 10 heteroatoms. The molecule has 1 N–H and O–H groups in total. The zero-order valence-corrected chi connectivity index (χ0v) is 21.2. The molecule has 4 heterocycles. The Morgan fingerprint density at radius 1 is 1.21 bits per heavy atom. The van der Waals surface area contributed by atoms with Crippen molar-refractivity contribution in [1.82, 2.24) is 29.3 Å². The van der Waals surface area contributed by atoms with Gasteiger partial charge in [0.15, 0.2) is 17.0 Å². The molecule has 2 aromatic rings. The Morgan fingerprint density at radius 2 is 1.97 bits per heavy atom. The van der Waals surface area contributed by atoms with Gasteiger partial charge in [-0.05, 0) is 40.5 Å². The summed E-state index contributed by atoms with van der Waals surface area (Å²) in [5.41, 5.74) is 1.64. The average molecular weight is 473 g/mol. The number of carbonyl (C=O) groups excluding carboxylic acids is 1. The summed E-state index contributed by atoms with van der Waals surface area (Å²) in [6.45, 7) is 16.6. The van der Waals surface area contributed by atoms with Crippen LogP contribution in [0.2, 0.25) is 0 Å². The summed E-state index contributed by atoms with van der Waals surface area (Å²) in [6.07, 6.45) is 3.73. The molecule has 1 unspecified atom stereocenters. The number of nitrogens with zero attached hydrogens (tertiary/aromatic N) is 7. The summed E-state index contributed by atoms with van der Waals surface area (Å²) in [4.78, 5) is 34.0. The fourth-order valence-corrected chi connectivity index (χ4v) is 4.86.